The standard InChI is InChI=1S/C25H31FN4O3/c1-17-5-4-6-18(2)24(17)28-22(31)16-27-25(33)19(3)29-11-13-30(14-12-29)23(32)15-20-7-9-21(26)10-8-20/h4-10,19H,11-16H2,1-3H3,(H,27,33)(H,28,31). The molecule has 0 aromatic heterocycles. The monoisotopic (exact) mass is 454 g/mol. The number of aryl methyl sites for hydroxylation is 2. The summed E-state index contributed by atoms with van der Waals surface area (Å²) in [6.45, 7) is 7.72. The molecule has 2 N–H and O–H groups in total. The van der Waals surface area contributed by atoms with E-state index in [0.717, 1.165) is 22.4 Å². The second kappa shape index (κ2) is 11.0. The first-order valence-corrected chi connectivity index (χ1v) is 11.1. The van der Waals surface area contributed by atoms with Gasteiger partial charge >= 0.3 is 0 Å². The molecule has 0 saturated carbocycles. The number of nitrogens with zero attached hydrogens (tertiary/aromatic N) is 2. The van der Waals surface area contributed by atoms with Crippen LogP contribution in [0, 0.1) is 19.7 Å². The number of hydrogen-bond donors (Lipinski definition) is 2. The normalized spacial score (nSPS) is 15.1. The molecule has 8 heteroatoms. The number of nitrogens with one attached hydrogen (secondary N) is 2. The zero-order chi connectivity index (χ0) is 24.0. The largest absolute Gasteiger partial charge is 0.346 e. The predicted octanol–water partition coefficient (Wildman–Crippen LogP) is 2.27. The van der Waals surface area contributed by atoms with E-state index < -0.39 is 6.04 Å². The van der Waals surface area contributed by atoms with Crippen LogP contribution < -0.4 is 10.6 Å². The first-order valence-electron chi connectivity index (χ1n) is 11.1. The molecule has 1 aliphatic rings. The van der Waals surface area contributed by atoms with Crippen molar-refractivity contribution in [2.45, 2.75) is 33.2 Å². The Kier molecular flexibility index (Phi) is 8.16. The fourth-order valence-corrected chi connectivity index (χ4v) is 3.92. The maximum atomic E-state index is 13.0. The number of carbonyl (C=O) groups is 3. The van der Waals surface area contributed by atoms with Gasteiger partial charge in [-0.1, -0.05) is 30.3 Å². The van der Waals surface area contributed by atoms with E-state index in [0.29, 0.717) is 26.2 Å². The summed E-state index contributed by atoms with van der Waals surface area (Å²) >= 11 is 0. The summed E-state index contributed by atoms with van der Waals surface area (Å²) in [5.74, 6) is -0.835. The quantitative estimate of drug-likeness (QED) is 0.673. The molecule has 2 aromatic carbocycles. The molecule has 0 bridgehead atoms. The molecular formula is C25H31FN4O3. The minimum absolute atomic E-state index is 0.0125. The van der Waals surface area contributed by atoms with Gasteiger partial charge < -0.3 is 15.5 Å². The summed E-state index contributed by atoms with van der Waals surface area (Å²) in [5.41, 5.74) is 3.48. The third-order valence-electron chi connectivity index (χ3n) is 6.03. The van der Waals surface area contributed by atoms with Crippen LogP contribution in [0.25, 0.3) is 0 Å². The van der Waals surface area contributed by atoms with Crippen LogP contribution in [0.15, 0.2) is 42.5 Å². The number of carbonyl (C=O) groups excluding carboxylic acids is 3. The van der Waals surface area contributed by atoms with Gasteiger partial charge in [-0.15, -0.1) is 0 Å². The van der Waals surface area contributed by atoms with E-state index in [1.807, 2.05) is 36.9 Å². The van der Waals surface area contributed by atoms with Crippen LogP contribution in [-0.2, 0) is 20.8 Å². The Morgan fingerprint density at radius 1 is 0.970 bits per heavy atom. The number of amides is 3. The van der Waals surface area contributed by atoms with Gasteiger partial charge in [0.05, 0.1) is 19.0 Å². The van der Waals surface area contributed by atoms with E-state index in [4.69, 9.17) is 0 Å². The summed E-state index contributed by atoms with van der Waals surface area (Å²) in [5, 5.41) is 5.57. The average Bonchev–Trinajstić information content (AvgIpc) is 2.81. The number of piperazine rings is 1. The van der Waals surface area contributed by atoms with Gasteiger partial charge in [-0.2, -0.15) is 0 Å². The summed E-state index contributed by atoms with van der Waals surface area (Å²) in [4.78, 5) is 41.2. The highest BCUT2D eigenvalue weighted by atomic mass is 19.1. The highest BCUT2D eigenvalue weighted by molar-refractivity contribution is 5.96. The third-order valence-corrected chi connectivity index (χ3v) is 6.03. The van der Waals surface area contributed by atoms with E-state index in [2.05, 4.69) is 10.6 Å². The Morgan fingerprint density at radius 3 is 2.18 bits per heavy atom. The number of anilines is 1. The second-order valence-corrected chi connectivity index (χ2v) is 8.43. The van der Waals surface area contributed by atoms with Crippen molar-refractivity contribution in [3.63, 3.8) is 0 Å². The lowest BCUT2D eigenvalue weighted by atomic mass is 10.1. The lowest BCUT2D eigenvalue weighted by Crippen LogP contribution is -2.55. The molecule has 0 spiro atoms. The Balaban J connectivity index is 1.42. The van der Waals surface area contributed by atoms with Gasteiger partial charge in [-0.05, 0) is 49.6 Å². The highest BCUT2D eigenvalue weighted by Gasteiger charge is 2.27. The fraction of sp³-hybridized carbons (Fsp3) is 0.400. The van der Waals surface area contributed by atoms with Gasteiger partial charge in [-0.25, -0.2) is 4.39 Å². The molecule has 1 atom stereocenters. The molecular weight excluding hydrogens is 423 g/mol. The van der Waals surface area contributed by atoms with Gasteiger partial charge in [0.2, 0.25) is 17.7 Å². The molecule has 1 aliphatic heterocycles. The van der Waals surface area contributed by atoms with Gasteiger partial charge in [0.1, 0.15) is 5.82 Å². The van der Waals surface area contributed by atoms with Crippen LogP contribution in [0.2, 0.25) is 0 Å². The van der Waals surface area contributed by atoms with E-state index >= 15 is 0 Å². The van der Waals surface area contributed by atoms with E-state index in [-0.39, 0.29) is 36.5 Å². The van der Waals surface area contributed by atoms with E-state index in [1.165, 1.54) is 12.1 Å². The van der Waals surface area contributed by atoms with Crippen LogP contribution in [0.4, 0.5) is 10.1 Å². The first kappa shape index (κ1) is 24.4. The van der Waals surface area contributed by atoms with Gasteiger partial charge in [0, 0.05) is 31.9 Å². The molecule has 3 rings (SSSR count). The number of hydrogen-bond acceptors (Lipinski definition) is 4. The smallest absolute Gasteiger partial charge is 0.243 e. The molecule has 33 heavy (non-hydrogen) atoms. The van der Waals surface area contributed by atoms with Crippen LogP contribution in [0.5, 0.6) is 0 Å². The van der Waals surface area contributed by atoms with Crippen LogP contribution in [-0.4, -0.2) is 66.3 Å². The minimum atomic E-state index is -0.410. The number of benzene rings is 2. The molecule has 176 valence electrons. The van der Waals surface area contributed by atoms with Crippen molar-refractivity contribution >= 4 is 23.4 Å². The molecule has 7 nitrogen and oxygen atoms in total. The lowest BCUT2D eigenvalue weighted by molar-refractivity contribution is -0.134. The third kappa shape index (κ3) is 6.61. The van der Waals surface area contributed by atoms with E-state index in [9.17, 15) is 18.8 Å². The summed E-state index contributed by atoms with van der Waals surface area (Å²) in [6, 6.07) is 11.3. The van der Waals surface area contributed by atoms with Gasteiger partial charge in [0.15, 0.2) is 0 Å². The van der Waals surface area contributed by atoms with Gasteiger partial charge in [0.25, 0.3) is 0 Å². The van der Waals surface area contributed by atoms with Crippen molar-refractivity contribution in [1.29, 1.82) is 0 Å². The van der Waals surface area contributed by atoms with E-state index in [1.54, 1.807) is 24.0 Å². The number of para-hydroxylation sites is 1. The van der Waals surface area contributed by atoms with Crippen LogP contribution >= 0.6 is 0 Å². The Morgan fingerprint density at radius 2 is 1.58 bits per heavy atom. The topological polar surface area (TPSA) is 81.8 Å². The fourth-order valence-electron chi connectivity index (χ4n) is 3.92. The lowest BCUT2D eigenvalue weighted by Gasteiger charge is -2.37. The van der Waals surface area contributed by atoms with Crippen molar-refractivity contribution in [3.05, 3.63) is 65.0 Å². The molecule has 0 aliphatic carbocycles. The van der Waals surface area contributed by atoms with Gasteiger partial charge in [-0.3, -0.25) is 19.3 Å². The molecule has 1 saturated heterocycles. The Hall–Kier alpha value is -3.26. The summed E-state index contributed by atoms with van der Waals surface area (Å²) in [6.07, 6.45) is 0.228. The second-order valence-electron chi connectivity index (χ2n) is 8.43. The Bertz CT molecular complexity index is 981. The van der Waals surface area contributed by atoms with Crippen molar-refractivity contribution in [2.24, 2.45) is 0 Å². The van der Waals surface area contributed by atoms with Crippen molar-refractivity contribution in [2.75, 3.05) is 38.0 Å². The predicted molar refractivity (Wildman–Crippen MR) is 125 cm³/mol. The number of halogens is 1. The maximum absolute atomic E-state index is 13.0. The van der Waals surface area contributed by atoms with Crippen molar-refractivity contribution in [3.8, 4) is 0 Å². The number of rotatable bonds is 7. The zero-order valence-corrected chi connectivity index (χ0v) is 19.4. The molecule has 1 unspecified atom stereocenters. The molecule has 2 aromatic rings. The van der Waals surface area contributed by atoms with Crippen LogP contribution in [0.3, 0.4) is 0 Å². The van der Waals surface area contributed by atoms with Crippen molar-refractivity contribution < 1.29 is 18.8 Å². The maximum Gasteiger partial charge on any atom is 0.243 e. The van der Waals surface area contributed by atoms with Crippen LogP contribution in [0.1, 0.15) is 23.6 Å². The Labute approximate surface area is 193 Å². The highest BCUT2D eigenvalue weighted by Crippen LogP contribution is 2.19. The molecule has 1 heterocycles. The molecule has 0 radical (unpaired) electrons. The molecule has 1 fully saturated rings. The zero-order valence-electron chi connectivity index (χ0n) is 19.4. The minimum Gasteiger partial charge on any atom is -0.346 e. The SMILES string of the molecule is Cc1cccc(C)c1NC(=O)CNC(=O)C(C)N1CCN(C(=O)Cc2ccc(F)cc2)CC1. The average molecular weight is 455 g/mol. The first-order chi connectivity index (χ1) is 15.7. The molecule has 3 amide bonds. The summed E-state index contributed by atoms with van der Waals surface area (Å²) in [7, 11) is 0. The van der Waals surface area contributed by atoms with Crippen molar-refractivity contribution in [1.82, 2.24) is 15.1 Å². The summed E-state index contributed by atoms with van der Waals surface area (Å²) < 4.78 is 13.0.